The second-order valence-electron chi connectivity index (χ2n) is 10.2. The molecule has 2 aliphatic rings. The van der Waals surface area contributed by atoms with E-state index >= 15 is 0 Å². The summed E-state index contributed by atoms with van der Waals surface area (Å²) >= 11 is 0. The van der Waals surface area contributed by atoms with Crippen LogP contribution in [0.25, 0.3) is 0 Å². The molecule has 36 heavy (non-hydrogen) atoms. The summed E-state index contributed by atoms with van der Waals surface area (Å²) in [4.78, 5) is 42.0. The number of esters is 2. The highest BCUT2D eigenvalue weighted by atomic mass is 16.6. The molecular weight excluding hydrogens is 462 g/mol. The van der Waals surface area contributed by atoms with E-state index in [9.17, 15) is 14.4 Å². The van der Waals surface area contributed by atoms with E-state index in [1.54, 1.807) is 52.1 Å². The lowest BCUT2D eigenvalue weighted by Crippen LogP contribution is -2.59. The number of cyclic esters (lactones) is 1. The summed E-state index contributed by atoms with van der Waals surface area (Å²) in [5, 5.41) is 0. The van der Waals surface area contributed by atoms with Crippen LogP contribution in [-0.4, -0.2) is 54.2 Å². The zero-order valence-electron chi connectivity index (χ0n) is 21.2. The lowest BCUT2D eigenvalue weighted by molar-refractivity contribution is -0.177. The smallest absolute Gasteiger partial charge is 0.344 e. The third kappa shape index (κ3) is 4.95. The van der Waals surface area contributed by atoms with Crippen molar-refractivity contribution in [1.82, 2.24) is 4.90 Å². The Balaban J connectivity index is 1.60. The average Bonchev–Trinajstić information content (AvgIpc) is 3.30. The van der Waals surface area contributed by atoms with Crippen LogP contribution in [0.15, 0.2) is 54.6 Å². The van der Waals surface area contributed by atoms with Crippen LogP contribution in [0.5, 0.6) is 5.75 Å². The van der Waals surface area contributed by atoms with Gasteiger partial charge in [-0.15, -0.1) is 0 Å². The standard InChI is InChI=1S/C28H33NO7/c1-27(2,3)36-26(32)28-23(18-35-25(28)31)22(14-15-34-17-20-8-6-5-7-9-20)24(30)29(28)16-19-10-12-21(33-4)13-11-19/h5-13,22-23H,14-18H2,1-4H3/t22-,23-,28+/m1/s1. The maximum absolute atomic E-state index is 13.8. The van der Waals surface area contributed by atoms with Gasteiger partial charge in [0.05, 0.1) is 26.2 Å². The van der Waals surface area contributed by atoms with Crippen molar-refractivity contribution in [3.8, 4) is 5.75 Å². The summed E-state index contributed by atoms with van der Waals surface area (Å²) in [6.07, 6.45) is 0.358. The van der Waals surface area contributed by atoms with Crippen LogP contribution in [0.2, 0.25) is 0 Å². The number of carbonyl (C=O) groups is 3. The molecule has 2 heterocycles. The van der Waals surface area contributed by atoms with Gasteiger partial charge < -0.3 is 23.8 Å². The molecule has 0 spiro atoms. The van der Waals surface area contributed by atoms with Crippen molar-refractivity contribution >= 4 is 17.8 Å². The highest BCUT2D eigenvalue weighted by Crippen LogP contribution is 2.48. The Kier molecular flexibility index (Phi) is 7.36. The zero-order chi connectivity index (χ0) is 25.9. The van der Waals surface area contributed by atoms with Gasteiger partial charge in [-0.05, 0) is 50.5 Å². The van der Waals surface area contributed by atoms with Gasteiger partial charge in [-0.2, -0.15) is 0 Å². The molecule has 2 aliphatic heterocycles. The van der Waals surface area contributed by atoms with Gasteiger partial charge in [0, 0.05) is 19.1 Å². The molecule has 0 bridgehead atoms. The molecule has 0 N–H and O–H groups in total. The Bertz CT molecular complexity index is 1090. The van der Waals surface area contributed by atoms with Crippen LogP contribution in [0, 0.1) is 11.8 Å². The predicted molar refractivity (Wildman–Crippen MR) is 131 cm³/mol. The van der Waals surface area contributed by atoms with Crippen LogP contribution in [0.3, 0.4) is 0 Å². The summed E-state index contributed by atoms with van der Waals surface area (Å²) in [7, 11) is 1.57. The van der Waals surface area contributed by atoms with Crippen molar-refractivity contribution < 1.29 is 33.3 Å². The third-order valence-corrected chi connectivity index (χ3v) is 6.63. The number of hydrogen-bond donors (Lipinski definition) is 0. The normalized spacial score (nSPS) is 23.4. The maximum Gasteiger partial charge on any atom is 0.344 e. The number of hydrogen-bond acceptors (Lipinski definition) is 7. The molecule has 8 nitrogen and oxygen atoms in total. The Morgan fingerprint density at radius 2 is 1.75 bits per heavy atom. The van der Waals surface area contributed by atoms with E-state index in [0.717, 1.165) is 11.1 Å². The largest absolute Gasteiger partial charge is 0.497 e. The molecule has 0 radical (unpaired) electrons. The number of amides is 1. The lowest BCUT2D eigenvalue weighted by Gasteiger charge is -2.35. The first-order valence-corrected chi connectivity index (χ1v) is 12.1. The monoisotopic (exact) mass is 495 g/mol. The highest BCUT2D eigenvalue weighted by molar-refractivity contribution is 6.12. The molecule has 2 aromatic rings. The second kappa shape index (κ2) is 10.3. The minimum atomic E-state index is -1.83. The van der Waals surface area contributed by atoms with Crippen LogP contribution in [0.4, 0.5) is 0 Å². The van der Waals surface area contributed by atoms with E-state index in [0.29, 0.717) is 25.4 Å². The van der Waals surface area contributed by atoms with E-state index in [1.807, 2.05) is 30.3 Å². The van der Waals surface area contributed by atoms with Crippen LogP contribution in [-0.2, 0) is 41.7 Å². The van der Waals surface area contributed by atoms with Gasteiger partial charge in [0.25, 0.3) is 0 Å². The number of likely N-dealkylation sites (tertiary alicyclic amines) is 1. The molecule has 0 saturated carbocycles. The molecule has 0 unspecified atom stereocenters. The van der Waals surface area contributed by atoms with E-state index in [4.69, 9.17) is 18.9 Å². The van der Waals surface area contributed by atoms with Gasteiger partial charge in [-0.3, -0.25) is 4.79 Å². The molecule has 0 aromatic heterocycles. The van der Waals surface area contributed by atoms with Gasteiger partial charge in [0.1, 0.15) is 11.4 Å². The van der Waals surface area contributed by atoms with E-state index in [-0.39, 0.29) is 19.1 Å². The fourth-order valence-electron chi connectivity index (χ4n) is 4.93. The van der Waals surface area contributed by atoms with Gasteiger partial charge in [-0.25, -0.2) is 9.59 Å². The Labute approximate surface area is 211 Å². The highest BCUT2D eigenvalue weighted by Gasteiger charge is 2.72. The van der Waals surface area contributed by atoms with Gasteiger partial charge >= 0.3 is 11.9 Å². The molecule has 2 fully saturated rings. The number of nitrogens with zero attached hydrogens (tertiary/aromatic N) is 1. The summed E-state index contributed by atoms with van der Waals surface area (Å²) in [6.45, 7) is 5.95. The van der Waals surface area contributed by atoms with E-state index in [1.165, 1.54) is 4.90 Å². The van der Waals surface area contributed by atoms with Crippen LogP contribution < -0.4 is 4.74 Å². The molecule has 2 aromatic carbocycles. The van der Waals surface area contributed by atoms with Crippen molar-refractivity contribution in [3.63, 3.8) is 0 Å². The minimum absolute atomic E-state index is 0.0215. The van der Waals surface area contributed by atoms with Crippen molar-refractivity contribution in [2.75, 3.05) is 20.3 Å². The maximum atomic E-state index is 13.8. The van der Waals surface area contributed by atoms with Crippen molar-refractivity contribution in [1.29, 1.82) is 0 Å². The first-order valence-electron chi connectivity index (χ1n) is 12.1. The van der Waals surface area contributed by atoms with Crippen LogP contribution >= 0.6 is 0 Å². The molecule has 3 atom stereocenters. The number of benzene rings is 2. The fourth-order valence-corrected chi connectivity index (χ4v) is 4.93. The first-order chi connectivity index (χ1) is 17.2. The van der Waals surface area contributed by atoms with Crippen molar-refractivity contribution in [3.05, 3.63) is 65.7 Å². The number of fused-ring (bicyclic) bond motifs is 1. The van der Waals surface area contributed by atoms with Gasteiger partial charge in [0.2, 0.25) is 11.4 Å². The summed E-state index contributed by atoms with van der Waals surface area (Å²) in [6, 6.07) is 16.9. The SMILES string of the molecule is COc1ccc(CN2C(=O)[C@H](CCOCc3ccccc3)[C@H]3COC(=O)[C@]32C(=O)OC(C)(C)C)cc1. The molecule has 192 valence electrons. The Morgan fingerprint density at radius 1 is 1.06 bits per heavy atom. The van der Waals surface area contributed by atoms with E-state index in [2.05, 4.69) is 0 Å². The number of methoxy groups -OCH3 is 1. The number of ether oxygens (including phenoxy) is 4. The molecule has 4 rings (SSSR count). The molecule has 8 heteroatoms. The zero-order valence-corrected chi connectivity index (χ0v) is 21.2. The van der Waals surface area contributed by atoms with Crippen molar-refractivity contribution in [2.24, 2.45) is 11.8 Å². The van der Waals surface area contributed by atoms with Gasteiger partial charge in [-0.1, -0.05) is 42.5 Å². The summed E-state index contributed by atoms with van der Waals surface area (Å²) in [5.41, 5.74) is -0.885. The number of rotatable bonds is 9. The fraction of sp³-hybridized carbons (Fsp3) is 0.464. The molecular formula is C28H33NO7. The summed E-state index contributed by atoms with van der Waals surface area (Å²) < 4.78 is 22.2. The lowest BCUT2D eigenvalue weighted by atomic mass is 9.80. The molecule has 2 saturated heterocycles. The Hall–Kier alpha value is -3.39. The predicted octanol–water partition coefficient (Wildman–Crippen LogP) is 3.51. The quantitative estimate of drug-likeness (QED) is 0.299. The van der Waals surface area contributed by atoms with Gasteiger partial charge in [0.15, 0.2) is 0 Å². The number of carbonyl (C=O) groups excluding carboxylic acids is 3. The third-order valence-electron chi connectivity index (χ3n) is 6.63. The molecule has 0 aliphatic carbocycles. The average molecular weight is 496 g/mol. The first kappa shape index (κ1) is 25.7. The summed E-state index contributed by atoms with van der Waals surface area (Å²) in [5.74, 6) is -2.38. The van der Waals surface area contributed by atoms with Crippen LogP contribution in [0.1, 0.15) is 38.3 Å². The molecule has 1 amide bonds. The Morgan fingerprint density at radius 3 is 2.39 bits per heavy atom. The van der Waals surface area contributed by atoms with Crippen molar-refractivity contribution in [2.45, 2.75) is 51.5 Å². The second-order valence-corrected chi connectivity index (χ2v) is 10.2. The minimum Gasteiger partial charge on any atom is -0.497 e. The topological polar surface area (TPSA) is 91.4 Å². The van der Waals surface area contributed by atoms with E-state index < -0.39 is 34.9 Å².